The normalized spacial score (nSPS) is 10.6. The standard InChI is InChI=1S/C17H13NO4/c1-10-5-3-4-6-13(10)16-18-15-8-7-12(21-11(2)19)9-14(15)17(20)22-16/h3-9H,1-2H3. The lowest BCUT2D eigenvalue weighted by Crippen LogP contribution is -2.05. The number of fused-ring (bicyclic) bond motifs is 1. The van der Waals surface area contributed by atoms with Crippen LogP contribution < -0.4 is 10.4 Å². The minimum atomic E-state index is -0.516. The lowest BCUT2D eigenvalue weighted by atomic mass is 10.1. The molecule has 0 saturated carbocycles. The molecule has 5 nitrogen and oxygen atoms in total. The van der Waals surface area contributed by atoms with Gasteiger partial charge in [0.1, 0.15) is 5.75 Å². The number of rotatable bonds is 2. The second-order valence-corrected chi connectivity index (χ2v) is 4.89. The SMILES string of the molecule is CC(=O)Oc1ccc2nc(-c3ccccc3C)oc(=O)c2c1. The number of ether oxygens (including phenoxy) is 1. The molecule has 22 heavy (non-hydrogen) atoms. The van der Waals surface area contributed by atoms with Gasteiger partial charge in [0.05, 0.1) is 10.9 Å². The van der Waals surface area contributed by atoms with Crippen molar-refractivity contribution in [1.29, 1.82) is 0 Å². The number of esters is 1. The van der Waals surface area contributed by atoms with E-state index in [2.05, 4.69) is 4.98 Å². The molecule has 5 heteroatoms. The van der Waals surface area contributed by atoms with Gasteiger partial charge in [-0.3, -0.25) is 4.79 Å². The topological polar surface area (TPSA) is 69.4 Å². The van der Waals surface area contributed by atoms with Crippen LogP contribution in [0.1, 0.15) is 12.5 Å². The Morgan fingerprint density at radius 3 is 2.68 bits per heavy atom. The molecule has 0 aliphatic heterocycles. The number of hydrogen-bond acceptors (Lipinski definition) is 5. The van der Waals surface area contributed by atoms with Crippen molar-refractivity contribution in [3.05, 3.63) is 58.4 Å². The molecule has 0 amide bonds. The first kappa shape index (κ1) is 14.0. The Balaban J connectivity index is 2.16. The van der Waals surface area contributed by atoms with Crippen LogP contribution in [0, 0.1) is 6.92 Å². The third-order valence-electron chi connectivity index (χ3n) is 3.24. The minimum Gasteiger partial charge on any atom is -0.427 e. The fourth-order valence-corrected chi connectivity index (χ4v) is 2.21. The quantitative estimate of drug-likeness (QED) is 0.536. The van der Waals surface area contributed by atoms with Gasteiger partial charge in [-0.1, -0.05) is 18.2 Å². The van der Waals surface area contributed by atoms with Gasteiger partial charge >= 0.3 is 11.6 Å². The van der Waals surface area contributed by atoms with Crippen LogP contribution in [0.2, 0.25) is 0 Å². The molecule has 1 heterocycles. The van der Waals surface area contributed by atoms with E-state index in [-0.39, 0.29) is 17.0 Å². The van der Waals surface area contributed by atoms with Crippen LogP contribution in [0.5, 0.6) is 5.75 Å². The highest BCUT2D eigenvalue weighted by Gasteiger charge is 2.11. The molecule has 0 N–H and O–H groups in total. The molecule has 110 valence electrons. The predicted molar refractivity (Wildman–Crippen MR) is 81.8 cm³/mol. The zero-order valence-corrected chi connectivity index (χ0v) is 12.1. The van der Waals surface area contributed by atoms with Gasteiger partial charge in [0.25, 0.3) is 0 Å². The molecule has 0 aliphatic carbocycles. The van der Waals surface area contributed by atoms with Crippen molar-refractivity contribution in [3.63, 3.8) is 0 Å². The predicted octanol–water partition coefficient (Wildman–Crippen LogP) is 3.09. The molecule has 0 radical (unpaired) electrons. The summed E-state index contributed by atoms with van der Waals surface area (Å²) >= 11 is 0. The van der Waals surface area contributed by atoms with Crippen molar-refractivity contribution in [2.24, 2.45) is 0 Å². The van der Waals surface area contributed by atoms with E-state index in [0.29, 0.717) is 5.52 Å². The fourth-order valence-electron chi connectivity index (χ4n) is 2.21. The fraction of sp³-hybridized carbons (Fsp3) is 0.118. The average molecular weight is 295 g/mol. The van der Waals surface area contributed by atoms with Gasteiger partial charge in [-0.05, 0) is 36.8 Å². The molecule has 0 atom stereocenters. The molecule has 0 saturated heterocycles. The summed E-state index contributed by atoms with van der Waals surface area (Å²) in [7, 11) is 0. The number of benzene rings is 2. The third-order valence-corrected chi connectivity index (χ3v) is 3.24. The maximum atomic E-state index is 12.2. The number of carbonyl (C=O) groups excluding carboxylic acids is 1. The molecular weight excluding hydrogens is 282 g/mol. The van der Waals surface area contributed by atoms with Crippen LogP contribution in [-0.4, -0.2) is 11.0 Å². The summed E-state index contributed by atoms with van der Waals surface area (Å²) < 4.78 is 10.3. The maximum absolute atomic E-state index is 12.2. The van der Waals surface area contributed by atoms with Crippen molar-refractivity contribution < 1.29 is 13.9 Å². The largest absolute Gasteiger partial charge is 0.427 e. The van der Waals surface area contributed by atoms with Crippen molar-refractivity contribution in [2.75, 3.05) is 0 Å². The van der Waals surface area contributed by atoms with Gasteiger partial charge in [0, 0.05) is 12.5 Å². The van der Waals surface area contributed by atoms with E-state index in [9.17, 15) is 9.59 Å². The van der Waals surface area contributed by atoms with Gasteiger partial charge in [-0.2, -0.15) is 0 Å². The summed E-state index contributed by atoms with van der Waals surface area (Å²) in [5, 5.41) is 0.274. The molecule has 0 bridgehead atoms. The first-order chi connectivity index (χ1) is 10.5. The summed E-state index contributed by atoms with van der Waals surface area (Å²) in [6, 6.07) is 12.2. The molecule has 3 rings (SSSR count). The minimum absolute atomic E-state index is 0.274. The average Bonchev–Trinajstić information content (AvgIpc) is 2.47. The monoisotopic (exact) mass is 295 g/mol. The van der Waals surface area contributed by atoms with Crippen LogP contribution in [0.15, 0.2) is 51.7 Å². The Morgan fingerprint density at radius 2 is 1.95 bits per heavy atom. The summed E-state index contributed by atoms with van der Waals surface area (Å²) in [5.74, 6) is 0.113. The van der Waals surface area contributed by atoms with E-state index >= 15 is 0 Å². The Hall–Kier alpha value is -2.95. The second-order valence-electron chi connectivity index (χ2n) is 4.89. The first-order valence-electron chi connectivity index (χ1n) is 6.74. The Bertz CT molecular complexity index is 927. The van der Waals surface area contributed by atoms with Crippen LogP contribution in [-0.2, 0) is 4.79 Å². The number of aryl methyl sites for hydroxylation is 1. The van der Waals surface area contributed by atoms with Crippen molar-refractivity contribution in [2.45, 2.75) is 13.8 Å². The molecule has 0 spiro atoms. The van der Waals surface area contributed by atoms with Crippen molar-refractivity contribution >= 4 is 16.9 Å². The van der Waals surface area contributed by atoms with Crippen LogP contribution in [0.4, 0.5) is 0 Å². The zero-order valence-electron chi connectivity index (χ0n) is 12.1. The van der Waals surface area contributed by atoms with E-state index < -0.39 is 11.6 Å². The van der Waals surface area contributed by atoms with Gasteiger partial charge in [-0.25, -0.2) is 9.78 Å². The van der Waals surface area contributed by atoms with Crippen LogP contribution in [0.3, 0.4) is 0 Å². The van der Waals surface area contributed by atoms with Crippen molar-refractivity contribution in [3.8, 4) is 17.2 Å². The Kier molecular flexibility index (Phi) is 3.47. The van der Waals surface area contributed by atoms with E-state index in [4.69, 9.17) is 9.15 Å². The van der Waals surface area contributed by atoms with Gasteiger partial charge in [0.15, 0.2) is 0 Å². The second kappa shape index (κ2) is 5.44. The first-order valence-corrected chi connectivity index (χ1v) is 6.74. The summed E-state index contributed by atoms with van der Waals surface area (Å²) in [5.41, 5.74) is 1.71. The molecule has 0 unspecified atom stereocenters. The van der Waals surface area contributed by atoms with Crippen molar-refractivity contribution in [1.82, 2.24) is 4.98 Å². The van der Waals surface area contributed by atoms with E-state index in [1.54, 1.807) is 12.1 Å². The highest BCUT2D eigenvalue weighted by atomic mass is 16.5. The molecular formula is C17H13NO4. The van der Waals surface area contributed by atoms with Crippen LogP contribution in [0.25, 0.3) is 22.4 Å². The third kappa shape index (κ3) is 2.61. The molecule has 0 aliphatic rings. The van der Waals surface area contributed by atoms with Gasteiger partial charge < -0.3 is 9.15 Å². The lowest BCUT2D eigenvalue weighted by Gasteiger charge is -2.06. The molecule has 3 aromatic rings. The van der Waals surface area contributed by atoms with E-state index in [1.807, 2.05) is 31.2 Å². The highest BCUT2D eigenvalue weighted by Crippen LogP contribution is 2.23. The number of aromatic nitrogens is 1. The maximum Gasteiger partial charge on any atom is 0.347 e. The Labute approximate surface area is 126 Å². The molecule has 1 aromatic heterocycles. The summed E-state index contributed by atoms with van der Waals surface area (Å²) in [6.45, 7) is 3.22. The lowest BCUT2D eigenvalue weighted by molar-refractivity contribution is -0.131. The summed E-state index contributed by atoms with van der Waals surface area (Å²) in [6.07, 6.45) is 0. The highest BCUT2D eigenvalue weighted by molar-refractivity contribution is 5.81. The smallest absolute Gasteiger partial charge is 0.347 e. The Morgan fingerprint density at radius 1 is 1.18 bits per heavy atom. The number of carbonyl (C=O) groups is 1. The van der Waals surface area contributed by atoms with E-state index in [0.717, 1.165) is 11.1 Å². The van der Waals surface area contributed by atoms with E-state index in [1.165, 1.54) is 13.0 Å². The van der Waals surface area contributed by atoms with Crippen LogP contribution >= 0.6 is 0 Å². The van der Waals surface area contributed by atoms with Gasteiger partial charge in [0.2, 0.25) is 5.89 Å². The number of hydrogen-bond donors (Lipinski definition) is 0. The zero-order chi connectivity index (χ0) is 15.7. The molecule has 2 aromatic carbocycles. The number of nitrogens with zero attached hydrogens (tertiary/aromatic N) is 1. The van der Waals surface area contributed by atoms with Gasteiger partial charge in [-0.15, -0.1) is 0 Å². The summed E-state index contributed by atoms with van der Waals surface area (Å²) in [4.78, 5) is 27.5. The molecule has 0 fully saturated rings.